The number of thioether (sulfide) groups is 1. The number of rotatable bonds is 7. The number of hydrogen-bond donors (Lipinski definition) is 2. The first-order valence-corrected chi connectivity index (χ1v) is 8.12. The highest BCUT2D eigenvalue weighted by Crippen LogP contribution is 2.16. The Hall–Kier alpha value is -1.16. The third-order valence-corrected chi connectivity index (χ3v) is 3.68. The van der Waals surface area contributed by atoms with Crippen molar-refractivity contribution in [2.75, 3.05) is 23.9 Å². The van der Waals surface area contributed by atoms with Crippen LogP contribution in [-0.4, -0.2) is 30.5 Å². The van der Waals surface area contributed by atoms with E-state index in [1.807, 2.05) is 38.3 Å². The van der Waals surface area contributed by atoms with Gasteiger partial charge in [0.05, 0.1) is 0 Å². The number of carbonyl (C=O) groups excluding carboxylic acids is 1. The van der Waals surface area contributed by atoms with Gasteiger partial charge < -0.3 is 10.6 Å². The number of amides is 1. The van der Waals surface area contributed by atoms with Gasteiger partial charge in [0.1, 0.15) is 0 Å². The summed E-state index contributed by atoms with van der Waals surface area (Å²) in [6.07, 6.45) is 3.13. The van der Waals surface area contributed by atoms with Gasteiger partial charge in [-0.1, -0.05) is 6.92 Å². The van der Waals surface area contributed by atoms with Crippen molar-refractivity contribution in [3.05, 3.63) is 29.3 Å². The predicted molar refractivity (Wildman–Crippen MR) is 85.3 cm³/mol. The van der Waals surface area contributed by atoms with Crippen LogP contribution in [-0.2, 0) is 0 Å². The summed E-state index contributed by atoms with van der Waals surface area (Å²) in [6.45, 7) is 7.15. The zero-order valence-electron chi connectivity index (χ0n) is 12.2. The molecule has 0 radical (unpaired) electrons. The van der Waals surface area contributed by atoms with Crippen molar-refractivity contribution in [3.63, 3.8) is 0 Å². The van der Waals surface area contributed by atoms with Crippen LogP contribution in [0.1, 0.15) is 36.2 Å². The Balaban J connectivity index is 2.68. The molecule has 1 rings (SSSR count). The topological polar surface area (TPSA) is 41.1 Å². The highest BCUT2D eigenvalue weighted by molar-refractivity contribution is 7.98. The Morgan fingerprint density at radius 3 is 2.74 bits per heavy atom. The van der Waals surface area contributed by atoms with E-state index in [4.69, 9.17) is 0 Å². The summed E-state index contributed by atoms with van der Waals surface area (Å²) in [5, 5.41) is 6.36. The van der Waals surface area contributed by atoms with Gasteiger partial charge in [-0.25, -0.2) is 0 Å². The predicted octanol–water partition coefficient (Wildman–Crippen LogP) is 3.30. The first-order valence-electron chi connectivity index (χ1n) is 6.72. The van der Waals surface area contributed by atoms with Gasteiger partial charge in [0.25, 0.3) is 5.91 Å². The van der Waals surface area contributed by atoms with Gasteiger partial charge in [-0.15, -0.1) is 0 Å². The summed E-state index contributed by atoms with van der Waals surface area (Å²) in [4.78, 5) is 12.1. The number of aryl methyl sites for hydroxylation is 1. The van der Waals surface area contributed by atoms with Crippen LogP contribution < -0.4 is 10.6 Å². The minimum absolute atomic E-state index is 0.00620. The van der Waals surface area contributed by atoms with Gasteiger partial charge in [-0.05, 0) is 50.3 Å². The minimum atomic E-state index is 0.00620. The quantitative estimate of drug-likeness (QED) is 0.805. The van der Waals surface area contributed by atoms with E-state index in [1.165, 1.54) is 0 Å². The summed E-state index contributed by atoms with van der Waals surface area (Å²) in [6, 6.07) is 6.01. The minimum Gasteiger partial charge on any atom is -0.385 e. The van der Waals surface area contributed by atoms with E-state index < -0.39 is 0 Å². The molecule has 4 heteroatoms. The molecule has 0 aromatic heterocycles. The average Bonchev–Trinajstić information content (AvgIpc) is 2.37. The summed E-state index contributed by atoms with van der Waals surface area (Å²) >= 11 is 1.74. The molecule has 0 spiro atoms. The average molecular weight is 280 g/mol. The number of nitrogens with one attached hydrogen (secondary N) is 2. The van der Waals surface area contributed by atoms with E-state index in [0.717, 1.165) is 35.5 Å². The van der Waals surface area contributed by atoms with Crippen LogP contribution in [0.25, 0.3) is 0 Å². The molecule has 3 nitrogen and oxygen atoms in total. The lowest BCUT2D eigenvalue weighted by Gasteiger charge is -2.14. The van der Waals surface area contributed by atoms with Crippen LogP contribution in [0.2, 0.25) is 0 Å². The third kappa shape index (κ3) is 5.15. The summed E-state index contributed by atoms with van der Waals surface area (Å²) < 4.78 is 0. The van der Waals surface area contributed by atoms with E-state index >= 15 is 0 Å². The molecule has 1 aromatic carbocycles. The van der Waals surface area contributed by atoms with Crippen molar-refractivity contribution >= 4 is 23.4 Å². The Bertz CT molecular complexity index is 421. The van der Waals surface area contributed by atoms with E-state index in [2.05, 4.69) is 17.6 Å². The van der Waals surface area contributed by atoms with Crippen molar-refractivity contribution in [1.82, 2.24) is 5.32 Å². The molecule has 0 bridgehead atoms. The van der Waals surface area contributed by atoms with Crippen molar-refractivity contribution in [3.8, 4) is 0 Å². The van der Waals surface area contributed by atoms with Gasteiger partial charge in [0.15, 0.2) is 0 Å². The Morgan fingerprint density at radius 1 is 1.42 bits per heavy atom. The highest BCUT2D eigenvalue weighted by atomic mass is 32.2. The van der Waals surface area contributed by atoms with Crippen molar-refractivity contribution in [2.24, 2.45) is 0 Å². The second-order valence-corrected chi connectivity index (χ2v) is 5.70. The van der Waals surface area contributed by atoms with E-state index in [-0.39, 0.29) is 11.9 Å². The van der Waals surface area contributed by atoms with Crippen LogP contribution in [0.5, 0.6) is 0 Å². The smallest absolute Gasteiger partial charge is 0.251 e. The fraction of sp³-hybridized carbons (Fsp3) is 0.533. The molecule has 0 fully saturated rings. The maximum Gasteiger partial charge on any atom is 0.251 e. The molecule has 0 aliphatic rings. The van der Waals surface area contributed by atoms with E-state index in [0.29, 0.717) is 0 Å². The maximum absolute atomic E-state index is 12.1. The lowest BCUT2D eigenvalue weighted by molar-refractivity contribution is 0.0943. The van der Waals surface area contributed by atoms with Gasteiger partial charge in [-0.2, -0.15) is 11.8 Å². The van der Waals surface area contributed by atoms with E-state index in [9.17, 15) is 4.79 Å². The van der Waals surface area contributed by atoms with E-state index in [1.54, 1.807) is 11.8 Å². The Morgan fingerprint density at radius 2 is 2.16 bits per heavy atom. The monoisotopic (exact) mass is 280 g/mol. The Kier molecular flexibility index (Phi) is 6.78. The molecule has 1 amide bonds. The van der Waals surface area contributed by atoms with Gasteiger partial charge in [0, 0.05) is 29.6 Å². The zero-order chi connectivity index (χ0) is 14.3. The molecular formula is C15H24N2OS. The second kappa shape index (κ2) is 8.10. The van der Waals surface area contributed by atoms with Crippen LogP contribution in [0.15, 0.2) is 18.2 Å². The molecule has 0 saturated carbocycles. The molecule has 2 N–H and O–H groups in total. The number of carbonyl (C=O) groups is 1. The van der Waals surface area contributed by atoms with Gasteiger partial charge in [0.2, 0.25) is 0 Å². The fourth-order valence-corrected chi connectivity index (χ4v) is 2.45. The highest BCUT2D eigenvalue weighted by Gasteiger charge is 2.10. The normalized spacial score (nSPS) is 12.0. The molecule has 1 atom stereocenters. The lowest BCUT2D eigenvalue weighted by atomic mass is 10.1. The zero-order valence-corrected chi connectivity index (χ0v) is 13.1. The van der Waals surface area contributed by atoms with Crippen LogP contribution >= 0.6 is 11.8 Å². The Labute approximate surface area is 120 Å². The van der Waals surface area contributed by atoms with Gasteiger partial charge in [-0.3, -0.25) is 4.79 Å². The summed E-state index contributed by atoms with van der Waals surface area (Å²) in [5.41, 5.74) is 2.95. The molecule has 1 aromatic rings. The largest absolute Gasteiger partial charge is 0.385 e. The SMILES string of the molecule is CCCNc1ccc(C(=O)NC(C)CSC)cc1C. The van der Waals surface area contributed by atoms with Crippen LogP contribution in [0.4, 0.5) is 5.69 Å². The molecular weight excluding hydrogens is 256 g/mol. The molecule has 0 heterocycles. The van der Waals surface area contributed by atoms with Crippen LogP contribution in [0.3, 0.4) is 0 Å². The molecule has 1 unspecified atom stereocenters. The summed E-state index contributed by atoms with van der Waals surface area (Å²) in [5.74, 6) is 0.938. The first-order chi connectivity index (χ1) is 9.08. The molecule has 0 aliphatic heterocycles. The van der Waals surface area contributed by atoms with Crippen LogP contribution in [0, 0.1) is 6.92 Å². The number of hydrogen-bond acceptors (Lipinski definition) is 3. The second-order valence-electron chi connectivity index (χ2n) is 4.79. The van der Waals surface area contributed by atoms with Crippen molar-refractivity contribution in [2.45, 2.75) is 33.2 Å². The van der Waals surface area contributed by atoms with Crippen molar-refractivity contribution < 1.29 is 4.79 Å². The third-order valence-electron chi connectivity index (χ3n) is 2.85. The standard InChI is InChI=1S/C15H24N2OS/c1-5-8-16-14-7-6-13(9-11(14)2)15(18)17-12(3)10-19-4/h6-7,9,12,16H,5,8,10H2,1-4H3,(H,17,18). The molecule has 19 heavy (non-hydrogen) atoms. The molecule has 106 valence electrons. The van der Waals surface area contributed by atoms with Gasteiger partial charge >= 0.3 is 0 Å². The molecule has 0 aliphatic carbocycles. The first kappa shape index (κ1) is 15.9. The van der Waals surface area contributed by atoms with Crippen molar-refractivity contribution in [1.29, 1.82) is 0 Å². The summed E-state index contributed by atoms with van der Waals surface area (Å²) in [7, 11) is 0. The fourth-order valence-electron chi connectivity index (χ4n) is 1.86. The molecule has 0 saturated heterocycles. The number of anilines is 1. The lowest BCUT2D eigenvalue weighted by Crippen LogP contribution is -2.34. The maximum atomic E-state index is 12.1. The number of benzene rings is 1.